The number of nitrogens with zero attached hydrogens (tertiary/aromatic N) is 3. The third-order valence-electron chi connectivity index (χ3n) is 8.77. The molecular formula is C38H41N3O6. The van der Waals surface area contributed by atoms with Crippen LogP contribution in [-0.2, 0) is 37.3 Å². The van der Waals surface area contributed by atoms with E-state index in [2.05, 4.69) is 4.57 Å². The van der Waals surface area contributed by atoms with Gasteiger partial charge in [-0.25, -0.2) is 9.59 Å². The number of aromatic nitrogens is 1. The van der Waals surface area contributed by atoms with Crippen LogP contribution in [0.2, 0.25) is 0 Å². The normalized spacial score (nSPS) is 14.2. The molecule has 9 heteroatoms. The van der Waals surface area contributed by atoms with Crippen LogP contribution in [0.4, 0.5) is 10.5 Å². The van der Waals surface area contributed by atoms with E-state index in [0.29, 0.717) is 43.0 Å². The average Bonchev–Trinajstić information content (AvgIpc) is 3.45. The molecule has 47 heavy (non-hydrogen) atoms. The van der Waals surface area contributed by atoms with Crippen molar-refractivity contribution in [2.45, 2.75) is 71.8 Å². The molecule has 3 aromatic carbocycles. The first-order valence-electron chi connectivity index (χ1n) is 16.1. The van der Waals surface area contributed by atoms with Crippen molar-refractivity contribution in [3.8, 4) is 17.0 Å². The van der Waals surface area contributed by atoms with Gasteiger partial charge in [-0.3, -0.25) is 4.79 Å². The van der Waals surface area contributed by atoms with Crippen molar-refractivity contribution in [3.05, 3.63) is 106 Å². The lowest BCUT2D eigenvalue weighted by atomic mass is 9.92. The zero-order chi connectivity index (χ0) is 33.3. The number of hydrogen-bond donors (Lipinski definition) is 1. The van der Waals surface area contributed by atoms with Crippen molar-refractivity contribution in [3.63, 3.8) is 0 Å². The van der Waals surface area contributed by atoms with Gasteiger partial charge in [0.2, 0.25) is 0 Å². The molecule has 0 radical (unpaired) electrons. The molecule has 2 amide bonds. The standard InChI is InChI=1S/C38H41N3O6/c1-38(2,3)47-37(45)40-19-17-26-20-30(31(36(43)44)21-27(26)23-40)34-22-32(33-12-8-9-18-41(33)34)35(42)39(4)28-13-15-29(16-14-28)46-24-25-10-6-5-7-11-25/h5-7,10-11,13-16,20-22H,8-9,12,17-19,23-24H2,1-4H3,(H,43,44). The topological polar surface area (TPSA) is 101 Å². The molecule has 9 nitrogen and oxygen atoms in total. The summed E-state index contributed by atoms with van der Waals surface area (Å²) in [4.78, 5) is 42.7. The van der Waals surface area contributed by atoms with Crippen LogP contribution < -0.4 is 9.64 Å². The van der Waals surface area contributed by atoms with Crippen LogP contribution in [0.15, 0.2) is 72.8 Å². The van der Waals surface area contributed by atoms with Gasteiger partial charge in [-0.05, 0) is 106 Å². The minimum Gasteiger partial charge on any atom is -0.489 e. The lowest BCUT2D eigenvalue weighted by Crippen LogP contribution is -2.40. The predicted molar refractivity (Wildman–Crippen MR) is 180 cm³/mol. The fourth-order valence-electron chi connectivity index (χ4n) is 6.37. The van der Waals surface area contributed by atoms with Gasteiger partial charge in [-0.1, -0.05) is 30.3 Å². The van der Waals surface area contributed by atoms with Gasteiger partial charge in [0.1, 0.15) is 18.0 Å². The zero-order valence-corrected chi connectivity index (χ0v) is 27.4. The number of fused-ring (bicyclic) bond motifs is 2. The van der Waals surface area contributed by atoms with E-state index in [1.54, 1.807) is 22.9 Å². The van der Waals surface area contributed by atoms with Gasteiger partial charge in [0.15, 0.2) is 0 Å². The van der Waals surface area contributed by atoms with Crippen LogP contribution in [0.1, 0.15) is 76.7 Å². The molecule has 0 bridgehead atoms. The Morgan fingerprint density at radius 2 is 1.62 bits per heavy atom. The summed E-state index contributed by atoms with van der Waals surface area (Å²) in [7, 11) is 1.76. The van der Waals surface area contributed by atoms with E-state index in [1.807, 2.05) is 87.5 Å². The highest BCUT2D eigenvalue weighted by atomic mass is 16.6. The summed E-state index contributed by atoms with van der Waals surface area (Å²) in [5, 5.41) is 10.3. The van der Waals surface area contributed by atoms with Crippen LogP contribution in [-0.4, -0.2) is 51.7 Å². The molecule has 0 spiro atoms. The quantitative estimate of drug-likeness (QED) is 0.228. The molecule has 244 valence electrons. The molecule has 0 saturated heterocycles. The molecule has 1 aromatic heterocycles. The first-order valence-corrected chi connectivity index (χ1v) is 16.1. The fraction of sp³-hybridized carbons (Fsp3) is 0.342. The van der Waals surface area contributed by atoms with Crippen molar-refractivity contribution < 1.29 is 29.0 Å². The van der Waals surface area contributed by atoms with Crippen LogP contribution in [0, 0.1) is 0 Å². The van der Waals surface area contributed by atoms with Gasteiger partial charge in [0.05, 0.1) is 11.1 Å². The summed E-state index contributed by atoms with van der Waals surface area (Å²) in [6.07, 6.45) is 2.80. The molecular weight excluding hydrogens is 594 g/mol. The van der Waals surface area contributed by atoms with E-state index in [4.69, 9.17) is 9.47 Å². The fourth-order valence-corrected chi connectivity index (χ4v) is 6.37. The lowest BCUT2D eigenvalue weighted by molar-refractivity contribution is 0.0224. The number of benzene rings is 3. The smallest absolute Gasteiger partial charge is 0.410 e. The second-order valence-corrected chi connectivity index (χ2v) is 13.3. The third-order valence-corrected chi connectivity index (χ3v) is 8.77. The molecule has 2 aliphatic heterocycles. The van der Waals surface area contributed by atoms with Crippen LogP contribution >= 0.6 is 0 Å². The molecule has 0 saturated carbocycles. The monoisotopic (exact) mass is 635 g/mol. The van der Waals surface area contributed by atoms with Crippen molar-refractivity contribution in [1.29, 1.82) is 0 Å². The van der Waals surface area contributed by atoms with Gasteiger partial charge >= 0.3 is 12.1 Å². The Kier molecular flexibility index (Phi) is 8.82. The molecule has 0 aliphatic carbocycles. The van der Waals surface area contributed by atoms with Crippen molar-refractivity contribution in [2.75, 3.05) is 18.5 Å². The molecule has 0 fully saturated rings. The summed E-state index contributed by atoms with van der Waals surface area (Å²) < 4.78 is 13.6. The first-order chi connectivity index (χ1) is 22.5. The highest BCUT2D eigenvalue weighted by Gasteiger charge is 2.31. The number of carboxylic acid groups (broad SMARTS) is 1. The largest absolute Gasteiger partial charge is 0.489 e. The average molecular weight is 636 g/mol. The first kappa shape index (κ1) is 31.9. The number of rotatable bonds is 7. The number of hydrogen-bond acceptors (Lipinski definition) is 5. The summed E-state index contributed by atoms with van der Waals surface area (Å²) in [5.74, 6) is -0.490. The van der Waals surface area contributed by atoms with E-state index in [1.165, 1.54) is 0 Å². The number of carbonyl (C=O) groups excluding carboxylic acids is 2. The second-order valence-electron chi connectivity index (χ2n) is 13.3. The van der Waals surface area contributed by atoms with Gasteiger partial charge in [-0.15, -0.1) is 0 Å². The zero-order valence-electron chi connectivity index (χ0n) is 27.4. The number of aromatic carboxylic acids is 1. The molecule has 3 heterocycles. The second kappa shape index (κ2) is 13.0. The van der Waals surface area contributed by atoms with Gasteiger partial charge < -0.3 is 28.9 Å². The molecule has 6 rings (SSSR count). The van der Waals surface area contributed by atoms with Crippen molar-refractivity contribution in [1.82, 2.24) is 9.47 Å². The van der Waals surface area contributed by atoms with Crippen molar-refractivity contribution in [2.24, 2.45) is 0 Å². The van der Waals surface area contributed by atoms with Gasteiger partial charge in [0.25, 0.3) is 5.91 Å². The summed E-state index contributed by atoms with van der Waals surface area (Å²) in [5.41, 5.74) is 5.96. The van der Waals surface area contributed by atoms with E-state index in [-0.39, 0.29) is 18.0 Å². The minimum atomic E-state index is -1.05. The van der Waals surface area contributed by atoms with E-state index < -0.39 is 17.7 Å². The third kappa shape index (κ3) is 6.89. The Balaban J connectivity index is 1.27. The highest BCUT2D eigenvalue weighted by molar-refractivity contribution is 6.08. The van der Waals surface area contributed by atoms with E-state index >= 15 is 0 Å². The van der Waals surface area contributed by atoms with Crippen LogP contribution in [0.25, 0.3) is 11.3 Å². The maximum Gasteiger partial charge on any atom is 0.410 e. The van der Waals surface area contributed by atoms with Crippen LogP contribution in [0.3, 0.4) is 0 Å². The molecule has 0 unspecified atom stereocenters. The number of carboxylic acids is 1. The Hall–Kier alpha value is -5.05. The Labute approximate surface area is 275 Å². The molecule has 2 aliphatic rings. The predicted octanol–water partition coefficient (Wildman–Crippen LogP) is 7.34. The van der Waals surface area contributed by atoms with Crippen LogP contribution in [0.5, 0.6) is 5.75 Å². The van der Waals surface area contributed by atoms with E-state index in [0.717, 1.165) is 53.0 Å². The molecule has 1 N–H and O–H groups in total. The molecule has 0 atom stereocenters. The van der Waals surface area contributed by atoms with E-state index in [9.17, 15) is 19.5 Å². The number of anilines is 1. The number of amides is 2. The number of ether oxygens (including phenoxy) is 2. The summed E-state index contributed by atoms with van der Waals surface area (Å²) in [6.45, 7) is 7.39. The molecule has 4 aromatic rings. The Morgan fingerprint density at radius 1 is 0.872 bits per heavy atom. The minimum absolute atomic E-state index is 0.150. The van der Waals surface area contributed by atoms with Crippen molar-refractivity contribution >= 4 is 23.7 Å². The van der Waals surface area contributed by atoms with Gasteiger partial charge in [0, 0.05) is 49.3 Å². The SMILES string of the molecule is CN(C(=O)c1cc(-c2cc3c(cc2C(=O)O)CN(C(=O)OC(C)(C)C)CC3)n2c1CCCC2)c1ccc(OCc2ccccc2)cc1. The number of carbonyl (C=O) groups is 3. The Bertz CT molecular complexity index is 1800. The maximum absolute atomic E-state index is 14.0. The Morgan fingerprint density at radius 3 is 2.32 bits per heavy atom. The maximum atomic E-state index is 14.0. The highest BCUT2D eigenvalue weighted by Crippen LogP contribution is 2.36. The summed E-state index contributed by atoms with van der Waals surface area (Å²) >= 11 is 0. The summed E-state index contributed by atoms with van der Waals surface area (Å²) in [6, 6.07) is 22.9. The lowest BCUT2D eigenvalue weighted by Gasteiger charge is -2.32. The van der Waals surface area contributed by atoms with Gasteiger partial charge in [-0.2, -0.15) is 0 Å².